The number of nitrogens with one attached hydrogen (secondary N) is 2. The number of rotatable bonds is 7. The first kappa shape index (κ1) is 31.1. The average molecular weight is 582 g/mol. The Morgan fingerprint density at radius 3 is 2.71 bits per heavy atom. The molecule has 0 saturated carbocycles. The standard InChI is InChI=1S/C30H43N7O5/c1-21(2)11-16-37-25-10-9-22-19-23(25)28(34-37)29(41)32-13-17-35(30(42)24-7-3-4-12-31-24)14-5-8-27(40)36(15-6-18-38)20-26(39)33-22/h3-4,7,12,21-22,38H,5-6,8-11,13-20H2,1-2H3,(H,32,41)(H,33,39). The molecule has 1 aliphatic carbocycles. The smallest absolute Gasteiger partial charge is 0.272 e. The fourth-order valence-corrected chi connectivity index (χ4v) is 5.49. The second kappa shape index (κ2) is 14.9. The fraction of sp³-hybridized carbons (Fsp3) is 0.600. The van der Waals surface area contributed by atoms with Crippen LogP contribution in [0.3, 0.4) is 0 Å². The highest BCUT2D eigenvalue weighted by molar-refractivity contribution is 5.94. The van der Waals surface area contributed by atoms with Gasteiger partial charge in [0.1, 0.15) is 5.69 Å². The number of amides is 4. The number of carbonyl (C=O) groups excluding carboxylic acids is 4. The molecule has 2 aromatic rings. The van der Waals surface area contributed by atoms with Crippen LogP contribution in [0.25, 0.3) is 0 Å². The van der Waals surface area contributed by atoms with Crippen molar-refractivity contribution in [2.45, 2.75) is 71.4 Å². The van der Waals surface area contributed by atoms with E-state index in [-0.39, 0.29) is 81.1 Å². The number of aliphatic hydroxyl groups excluding tert-OH is 1. The molecule has 0 aromatic carbocycles. The van der Waals surface area contributed by atoms with Gasteiger partial charge in [-0.15, -0.1) is 0 Å². The van der Waals surface area contributed by atoms with E-state index in [2.05, 4.69) is 29.5 Å². The first-order valence-electron chi connectivity index (χ1n) is 15.0. The zero-order valence-corrected chi connectivity index (χ0v) is 24.7. The molecular weight excluding hydrogens is 538 g/mol. The predicted molar refractivity (Wildman–Crippen MR) is 156 cm³/mol. The zero-order chi connectivity index (χ0) is 30.1. The van der Waals surface area contributed by atoms with Gasteiger partial charge in [0, 0.05) is 69.2 Å². The Labute approximate surface area is 246 Å². The highest BCUT2D eigenvalue weighted by Gasteiger charge is 2.31. The van der Waals surface area contributed by atoms with Gasteiger partial charge in [-0.05, 0) is 56.6 Å². The molecule has 1 atom stereocenters. The maximum absolute atomic E-state index is 13.4. The van der Waals surface area contributed by atoms with E-state index in [0.717, 1.165) is 17.7 Å². The SMILES string of the molecule is CC(C)CCn1nc2c3c1CCC(C3)NC(=O)CN(CCCO)C(=O)CCCN(C(=O)c1ccccn1)CCNC2=O. The number of aromatic nitrogens is 3. The average Bonchev–Trinajstić information content (AvgIpc) is 3.34. The van der Waals surface area contributed by atoms with Crippen molar-refractivity contribution in [3.8, 4) is 0 Å². The third kappa shape index (κ3) is 8.15. The molecular formula is C30H43N7O5. The number of hydrogen-bond donors (Lipinski definition) is 3. The number of aryl methyl sites for hydroxylation is 1. The molecule has 0 saturated heterocycles. The van der Waals surface area contributed by atoms with Crippen molar-refractivity contribution in [3.63, 3.8) is 0 Å². The van der Waals surface area contributed by atoms with Gasteiger partial charge in [-0.1, -0.05) is 19.9 Å². The lowest BCUT2D eigenvalue weighted by Gasteiger charge is -2.27. The van der Waals surface area contributed by atoms with Crippen molar-refractivity contribution in [3.05, 3.63) is 47.0 Å². The van der Waals surface area contributed by atoms with E-state index in [0.29, 0.717) is 50.3 Å². The minimum atomic E-state index is -0.304. The summed E-state index contributed by atoms with van der Waals surface area (Å²) in [6.45, 7) is 5.79. The minimum absolute atomic E-state index is 0.0895. The second-order valence-corrected chi connectivity index (χ2v) is 11.4. The molecule has 42 heavy (non-hydrogen) atoms. The van der Waals surface area contributed by atoms with Crippen LogP contribution >= 0.6 is 0 Å². The maximum Gasteiger partial charge on any atom is 0.272 e. The monoisotopic (exact) mass is 581 g/mol. The molecule has 4 amide bonds. The Morgan fingerprint density at radius 2 is 1.98 bits per heavy atom. The van der Waals surface area contributed by atoms with Gasteiger partial charge in [0.25, 0.3) is 11.8 Å². The molecule has 0 fully saturated rings. The van der Waals surface area contributed by atoms with E-state index in [9.17, 15) is 24.3 Å². The lowest BCUT2D eigenvalue weighted by Crippen LogP contribution is -2.46. The molecule has 1 aliphatic heterocycles. The number of carbonyl (C=O) groups is 4. The molecule has 2 aliphatic rings. The van der Waals surface area contributed by atoms with Crippen LogP contribution in [0.2, 0.25) is 0 Å². The summed E-state index contributed by atoms with van der Waals surface area (Å²) in [6, 6.07) is 4.92. The van der Waals surface area contributed by atoms with Crippen LogP contribution in [0.4, 0.5) is 0 Å². The molecule has 1 unspecified atom stereocenters. The first-order valence-corrected chi connectivity index (χ1v) is 15.0. The third-order valence-corrected chi connectivity index (χ3v) is 7.78. The lowest BCUT2D eigenvalue weighted by atomic mass is 9.91. The first-order chi connectivity index (χ1) is 20.3. The summed E-state index contributed by atoms with van der Waals surface area (Å²) in [7, 11) is 0. The molecule has 4 rings (SSSR count). The molecule has 2 aromatic heterocycles. The number of hydrogen-bond acceptors (Lipinski definition) is 7. The molecule has 12 heteroatoms. The summed E-state index contributed by atoms with van der Waals surface area (Å²) in [6.07, 6.45) is 5.22. The van der Waals surface area contributed by atoms with Crippen LogP contribution < -0.4 is 10.6 Å². The zero-order valence-electron chi connectivity index (χ0n) is 24.7. The number of fused-ring (bicyclic) bond motifs is 1. The highest BCUT2D eigenvalue weighted by atomic mass is 16.3. The normalized spacial score (nSPS) is 19.0. The molecule has 3 N–H and O–H groups in total. The topological polar surface area (TPSA) is 150 Å². The quantitative estimate of drug-likeness (QED) is 0.444. The minimum Gasteiger partial charge on any atom is -0.396 e. The summed E-state index contributed by atoms with van der Waals surface area (Å²) in [5.41, 5.74) is 2.51. The molecule has 12 nitrogen and oxygen atoms in total. The van der Waals surface area contributed by atoms with E-state index >= 15 is 0 Å². The van der Waals surface area contributed by atoms with Crippen molar-refractivity contribution in [2.24, 2.45) is 5.92 Å². The Bertz CT molecular complexity index is 1250. The van der Waals surface area contributed by atoms with Gasteiger partial charge >= 0.3 is 0 Å². The predicted octanol–water partition coefficient (Wildman–Crippen LogP) is 1.17. The Morgan fingerprint density at radius 1 is 1.14 bits per heavy atom. The Balaban J connectivity index is 1.60. The van der Waals surface area contributed by atoms with Crippen LogP contribution in [-0.4, -0.2) is 98.7 Å². The van der Waals surface area contributed by atoms with E-state index in [1.165, 1.54) is 4.90 Å². The van der Waals surface area contributed by atoms with Crippen LogP contribution in [0.1, 0.15) is 78.2 Å². The van der Waals surface area contributed by atoms with Crippen LogP contribution in [-0.2, 0) is 29.0 Å². The van der Waals surface area contributed by atoms with Crippen LogP contribution in [0.15, 0.2) is 24.4 Å². The third-order valence-electron chi connectivity index (χ3n) is 7.78. The van der Waals surface area contributed by atoms with E-state index in [4.69, 9.17) is 5.10 Å². The van der Waals surface area contributed by atoms with Gasteiger partial charge in [-0.3, -0.25) is 28.8 Å². The van der Waals surface area contributed by atoms with Crippen LogP contribution in [0.5, 0.6) is 0 Å². The molecule has 2 bridgehead atoms. The fourth-order valence-electron chi connectivity index (χ4n) is 5.49. The summed E-state index contributed by atoms with van der Waals surface area (Å²) < 4.78 is 1.94. The molecule has 0 radical (unpaired) electrons. The van der Waals surface area contributed by atoms with E-state index in [1.54, 1.807) is 29.3 Å². The summed E-state index contributed by atoms with van der Waals surface area (Å²) in [5.74, 6) is -0.591. The summed E-state index contributed by atoms with van der Waals surface area (Å²) >= 11 is 0. The number of nitrogens with zero attached hydrogens (tertiary/aromatic N) is 5. The van der Waals surface area contributed by atoms with Crippen LogP contribution in [0, 0.1) is 5.92 Å². The van der Waals surface area contributed by atoms with Crippen molar-refractivity contribution in [1.82, 2.24) is 35.2 Å². The van der Waals surface area contributed by atoms with Crippen molar-refractivity contribution < 1.29 is 24.3 Å². The Hall–Kier alpha value is -3.80. The van der Waals surface area contributed by atoms with Gasteiger partial charge in [0.05, 0.1) is 6.54 Å². The number of pyridine rings is 1. The Kier molecular flexibility index (Phi) is 11.0. The highest BCUT2D eigenvalue weighted by Crippen LogP contribution is 2.26. The van der Waals surface area contributed by atoms with E-state index in [1.807, 2.05) is 4.68 Å². The van der Waals surface area contributed by atoms with Gasteiger partial charge in [-0.25, -0.2) is 0 Å². The molecule has 228 valence electrons. The molecule has 0 spiro atoms. The summed E-state index contributed by atoms with van der Waals surface area (Å²) in [4.78, 5) is 60.1. The van der Waals surface area contributed by atoms with Gasteiger partial charge in [0.2, 0.25) is 11.8 Å². The lowest BCUT2D eigenvalue weighted by molar-refractivity contribution is -0.136. The maximum atomic E-state index is 13.4. The van der Waals surface area contributed by atoms with Gasteiger partial charge in [0.15, 0.2) is 5.69 Å². The van der Waals surface area contributed by atoms with E-state index < -0.39 is 0 Å². The summed E-state index contributed by atoms with van der Waals surface area (Å²) in [5, 5.41) is 20.1. The largest absolute Gasteiger partial charge is 0.396 e. The molecule has 3 heterocycles. The van der Waals surface area contributed by atoms with Gasteiger partial charge in [-0.2, -0.15) is 5.10 Å². The van der Waals surface area contributed by atoms with Crippen molar-refractivity contribution in [2.75, 3.05) is 39.3 Å². The van der Waals surface area contributed by atoms with Crippen molar-refractivity contribution >= 4 is 23.6 Å². The second-order valence-electron chi connectivity index (χ2n) is 11.4. The van der Waals surface area contributed by atoms with Crippen molar-refractivity contribution in [1.29, 1.82) is 0 Å². The number of aliphatic hydroxyl groups is 1. The van der Waals surface area contributed by atoms with Gasteiger partial charge < -0.3 is 25.5 Å².